The van der Waals surface area contributed by atoms with Crippen LogP contribution in [0.25, 0.3) is 0 Å². The third-order valence-corrected chi connectivity index (χ3v) is 4.76. The van der Waals surface area contributed by atoms with E-state index in [2.05, 4.69) is 22.9 Å². The highest BCUT2D eigenvalue weighted by Gasteiger charge is 2.40. The van der Waals surface area contributed by atoms with Crippen LogP contribution in [-0.4, -0.2) is 52.4 Å². The van der Waals surface area contributed by atoms with E-state index in [-0.39, 0.29) is 12.0 Å². The fourth-order valence-corrected chi connectivity index (χ4v) is 3.34. The lowest BCUT2D eigenvalue weighted by Crippen LogP contribution is -2.53. The molecule has 118 valence electrons. The van der Waals surface area contributed by atoms with Gasteiger partial charge in [-0.2, -0.15) is 0 Å². The van der Waals surface area contributed by atoms with Crippen LogP contribution >= 0.6 is 0 Å². The molecule has 2 rings (SSSR count). The molecule has 0 amide bonds. The summed E-state index contributed by atoms with van der Waals surface area (Å²) in [5, 5.41) is 20.1. The number of nitrogens with zero attached hydrogens (tertiary/aromatic N) is 2. The first-order valence-electron chi connectivity index (χ1n) is 8.03. The Morgan fingerprint density at radius 3 is 2.86 bits per heavy atom. The van der Waals surface area contributed by atoms with Crippen LogP contribution in [0.3, 0.4) is 0 Å². The van der Waals surface area contributed by atoms with Crippen LogP contribution < -0.4 is 0 Å². The van der Waals surface area contributed by atoms with Gasteiger partial charge >= 0.3 is 0 Å². The van der Waals surface area contributed by atoms with E-state index in [4.69, 9.17) is 0 Å². The van der Waals surface area contributed by atoms with Gasteiger partial charge in [-0.15, -0.1) is 0 Å². The second-order valence-corrected chi connectivity index (χ2v) is 6.36. The van der Waals surface area contributed by atoms with Crippen LogP contribution in [0.1, 0.15) is 37.6 Å². The molecule has 2 N–H and O–H groups in total. The van der Waals surface area contributed by atoms with Crippen molar-refractivity contribution in [3.05, 3.63) is 29.6 Å². The van der Waals surface area contributed by atoms with Gasteiger partial charge < -0.3 is 15.1 Å². The number of likely N-dealkylation sites (tertiary alicyclic amines) is 1. The van der Waals surface area contributed by atoms with Crippen LogP contribution in [0.5, 0.6) is 0 Å². The summed E-state index contributed by atoms with van der Waals surface area (Å²) in [4.78, 5) is 6.81. The van der Waals surface area contributed by atoms with Gasteiger partial charge in [0.2, 0.25) is 0 Å². The number of aromatic nitrogens is 1. The van der Waals surface area contributed by atoms with Crippen LogP contribution in [-0.2, 0) is 6.42 Å². The van der Waals surface area contributed by atoms with Gasteiger partial charge in [0.05, 0.1) is 12.7 Å². The van der Waals surface area contributed by atoms with Gasteiger partial charge in [0.1, 0.15) is 0 Å². The van der Waals surface area contributed by atoms with Crippen molar-refractivity contribution in [2.24, 2.45) is 5.41 Å². The molecule has 0 saturated carbocycles. The third-order valence-electron chi connectivity index (χ3n) is 4.76. The summed E-state index contributed by atoms with van der Waals surface area (Å²) in [6.45, 7) is 6.74. The second kappa shape index (κ2) is 7.34. The number of rotatable bonds is 6. The van der Waals surface area contributed by atoms with E-state index < -0.39 is 6.10 Å². The molecule has 0 bridgehead atoms. The van der Waals surface area contributed by atoms with Crippen molar-refractivity contribution in [1.82, 2.24) is 9.88 Å². The summed E-state index contributed by atoms with van der Waals surface area (Å²) in [5.41, 5.74) is 1.87. The van der Waals surface area contributed by atoms with Crippen molar-refractivity contribution in [1.29, 1.82) is 0 Å². The number of pyridine rings is 1. The van der Waals surface area contributed by atoms with E-state index in [1.807, 2.05) is 19.1 Å². The van der Waals surface area contributed by atoms with Crippen molar-refractivity contribution >= 4 is 0 Å². The highest BCUT2D eigenvalue weighted by Crippen LogP contribution is 2.35. The lowest BCUT2D eigenvalue weighted by molar-refractivity contribution is -0.0781. The summed E-state index contributed by atoms with van der Waals surface area (Å²) in [5.74, 6) is 0. The van der Waals surface area contributed by atoms with Crippen molar-refractivity contribution in [3.63, 3.8) is 0 Å². The normalized spacial score (nSPS) is 27.0. The maximum atomic E-state index is 10.4. The van der Waals surface area contributed by atoms with Crippen molar-refractivity contribution < 1.29 is 10.2 Å². The van der Waals surface area contributed by atoms with Gasteiger partial charge in [-0.25, -0.2) is 0 Å². The first-order valence-corrected chi connectivity index (χ1v) is 8.03. The fraction of sp³-hybridized carbons (Fsp3) is 0.706. The number of β-amino-alcohol motifs (C(OH)–C–C–N with tert-alkyl or cyclic N) is 1. The zero-order valence-corrected chi connectivity index (χ0v) is 13.3. The van der Waals surface area contributed by atoms with Crippen LogP contribution in [0.2, 0.25) is 0 Å². The monoisotopic (exact) mass is 292 g/mol. The summed E-state index contributed by atoms with van der Waals surface area (Å²) >= 11 is 0. The fourth-order valence-electron chi connectivity index (χ4n) is 3.34. The van der Waals surface area contributed by atoms with E-state index in [0.29, 0.717) is 6.54 Å². The molecule has 0 aliphatic carbocycles. The number of hydrogen-bond donors (Lipinski definition) is 2. The molecule has 2 heterocycles. The molecule has 1 fully saturated rings. The number of aliphatic hydroxyl groups is 2. The quantitative estimate of drug-likeness (QED) is 0.839. The standard InChI is InChI=1S/C17H28N2O2/c1-3-8-17(13-20)9-11-19(12-16(17)21)10-7-15-6-4-5-14(2)18-15/h4-6,16,20-21H,3,7-13H2,1-2H3/t16-,17-/m1/s1. The zero-order chi connectivity index (χ0) is 15.3. The Hall–Kier alpha value is -0.970. The van der Waals surface area contributed by atoms with Gasteiger partial charge in [-0.1, -0.05) is 19.4 Å². The van der Waals surface area contributed by atoms with E-state index in [9.17, 15) is 10.2 Å². The number of hydrogen-bond acceptors (Lipinski definition) is 4. The Balaban J connectivity index is 1.88. The molecule has 1 aromatic rings. The Bertz CT molecular complexity index is 452. The molecular formula is C17H28N2O2. The van der Waals surface area contributed by atoms with E-state index in [1.54, 1.807) is 0 Å². The van der Waals surface area contributed by atoms with Gasteiger partial charge in [0, 0.05) is 36.3 Å². The van der Waals surface area contributed by atoms with E-state index >= 15 is 0 Å². The summed E-state index contributed by atoms with van der Waals surface area (Å²) in [6.07, 6.45) is 3.26. The summed E-state index contributed by atoms with van der Waals surface area (Å²) in [6, 6.07) is 6.11. The van der Waals surface area contributed by atoms with Gasteiger partial charge in [0.15, 0.2) is 0 Å². The highest BCUT2D eigenvalue weighted by molar-refractivity contribution is 5.10. The average molecular weight is 292 g/mol. The molecule has 0 radical (unpaired) electrons. The SMILES string of the molecule is CCC[C@]1(CO)CCN(CCc2cccc(C)n2)C[C@H]1O. The van der Waals surface area contributed by atoms with E-state index in [0.717, 1.165) is 50.2 Å². The van der Waals surface area contributed by atoms with Gasteiger partial charge in [-0.05, 0) is 38.4 Å². The largest absolute Gasteiger partial charge is 0.396 e. The third kappa shape index (κ3) is 4.02. The predicted molar refractivity (Wildman–Crippen MR) is 84.2 cm³/mol. The number of aliphatic hydroxyl groups excluding tert-OH is 2. The molecule has 1 aromatic heterocycles. The lowest BCUT2D eigenvalue weighted by Gasteiger charge is -2.44. The smallest absolute Gasteiger partial charge is 0.0745 e. The molecule has 4 heteroatoms. The molecule has 1 aliphatic rings. The molecule has 1 aliphatic heterocycles. The van der Waals surface area contributed by atoms with Crippen LogP contribution in [0, 0.1) is 12.3 Å². The van der Waals surface area contributed by atoms with Crippen LogP contribution in [0.15, 0.2) is 18.2 Å². The molecule has 0 spiro atoms. The minimum absolute atomic E-state index is 0.0925. The molecule has 0 unspecified atom stereocenters. The minimum Gasteiger partial charge on any atom is -0.396 e. The van der Waals surface area contributed by atoms with Gasteiger partial charge in [0.25, 0.3) is 0 Å². The van der Waals surface area contributed by atoms with E-state index in [1.165, 1.54) is 0 Å². The topological polar surface area (TPSA) is 56.6 Å². The molecular weight excluding hydrogens is 264 g/mol. The predicted octanol–water partition coefficient (Wildman–Crippen LogP) is 1.78. The summed E-state index contributed by atoms with van der Waals surface area (Å²) in [7, 11) is 0. The first-order chi connectivity index (χ1) is 10.1. The number of piperidine rings is 1. The molecule has 2 atom stereocenters. The van der Waals surface area contributed by atoms with Crippen molar-refractivity contribution in [3.8, 4) is 0 Å². The molecule has 0 aromatic carbocycles. The minimum atomic E-state index is -0.429. The molecule has 4 nitrogen and oxygen atoms in total. The number of aryl methyl sites for hydroxylation is 1. The Kier molecular flexibility index (Phi) is 5.73. The lowest BCUT2D eigenvalue weighted by atomic mass is 9.73. The van der Waals surface area contributed by atoms with Gasteiger partial charge in [-0.3, -0.25) is 4.98 Å². The highest BCUT2D eigenvalue weighted by atomic mass is 16.3. The molecule has 1 saturated heterocycles. The second-order valence-electron chi connectivity index (χ2n) is 6.36. The Morgan fingerprint density at radius 1 is 1.43 bits per heavy atom. The summed E-state index contributed by atoms with van der Waals surface area (Å²) < 4.78 is 0. The Morgan fingerprint density at radius 2 is 2.24 bits per heavy atom. The first kappa shape index (κ1) is 16.4. The zero-order valence-electron chi connectivity index (χ0n) is 13.3. The Labute approximate surface area is 127 Å². The maximum absolute atomic E-state index is 10.4. The molecule has 21 heavy (non-hydrogen) atoms. The van der Waals surface area contributed by atoms with Crippen LogP contribution in [0.4, 0.5) is 0 Å². The maximum Gasteiger partial charge on any atom is 0.0745 e. The average Bonchev–Trinajstić information content (AvgIpc) is 2.48. The van der Waals surface area contributed by atoms with Crippen molar-refractivity contribution in [2.45, 2.75) is 45.6 Å². The van der Waals surface area contributed by atoms with Crippen molar-refractivity contribution in [2.75, 3.05) is 26.2 Å².